The lowest BCUT2D eigenvalue weighted by atomic mass is 9.73. The summed E-state index contributed by atoms with van der Waals surface area (Å²) in [6, 6.07) is 6.22. The van der Waals surface area contributed by atoms with Crippen LogP contribution in [0.4, 0.5) is 9.59 Å². The molecule has 0 saturated carbocycles. The van der Waals surface area contributed by atoms with Gasteiger partial charge in [-0.1, -0.05) is 58.4 Å². The summed E-state index contributed by atoms with van der Waals surface area (Å²) in [5, 5.41) is 12.4. The Labute approximate surface area is 366 Å². The Morgan fingerprint density at radius 2 is 1.70 bits per heavy atom. The second kappa shape index (κ2) is 20.2. The summed E-state index contributed by atoms with van der Waals surface area (Å²) in [4.78, 5) is 62.6. The second-order valence-corrected chi connectivity index (χ2v) is 18.5. The van der Waals surface area contributed by atoms with Gasteiger partial charge in [-0.3, -0.25) is 19.4 Å². The van der Waals surface area contributed by atoms with Gasteiger partial charge in [-0.05, 0) is 91.6 Å². The number of carbonyl (C=O) groups excluding carboxylic acids is 4. The molecule has 1 aromatic carbocycles. The fourth-order valence-electron chi connectivity index (χ4n) is 10.1. The molecule has 4 fully saturated rings. The average molecular weight is 881 g/mol. The van der Waals surface area contributed by atoms with Gasteiger partial charge in [0.15, 0.2) is 11.9 Å². The van der Waals surface area contributed by atoms with E-state index in [1.165, 1.54) is 12.0 Å². The number of benzene rings is 1. The fraction of sp³-hybridized carbons (Fsp3) is 0.778. The van der Waals surface area contributed by atoms with Gasteiger partial charge in [0.05, 0.1) is 42.9 Å². The number of hydrogen-bond donors (Lipinski definition) is 1. The number of hydrogen-bond acceptors (Lipinski definition) is 13. The maximum atomic E-state index is 14.9. The molecule has 16 heteroatoms. The Morgan fingerprint density at radius 1 is 1.03 bits per heavy atom. The summed E-state index contributed by atoms with van der Waals surface area (Å²) in [5.74, 6) is -4.22. The number of halogens is 1. The number of likely N-dealkylation sites (N-methyl/N-ethyl adjacent to an activating group) is 1. The zero-order valence-electron chi connectivity index (χ0n) is 38.1. The number of aliphatic hydroxyl groups excluding tert-OH is 1. The number of cyclic esters (lactones) is 1. The molecular weight excluding hydrogens is 810 g/mol. The maximum Gasteiger partial charge on any atom is 0.412 e. The first-order valence-corrected chi connectivity index (χ1v) is 22.4. The van der Waals surface area contributed by atoms with E-state index in [0.29, 0.717) is 31.0 Å². The van der Waals surface area contributed by atoms with Gasteiger partial charge < -0.3 is 43.2 Å². The Kier molecular flexibility index (Phi) is 16.2. The van der Waals surface area contributed by atoms with Crippen LogP contribution in [0.2, 0.25) is 5.02 Å². The molecule has 4 aliphatic heterocycles. The largest absolute Gasteiger partial charge is 0.458 e. The molecule has 0 bridgehead atoms. The van der Waals surface area contributed by atoms with E-state index in [1.54, 1.807) is 51.7 Å². The van der Waals surface area contributed by atoms with Crippen molar-refractivity contribution in [3.63, 3.8) is 0 Å². The number of esters is 1. The van der Waals surface area contributed by atoms with Crippen LogP contribution >= 0.6 is 11.6 Å². The molecule has 1 aromatic rings. The van der Waals surface area contributed by atoms with Crippen molar-refractivity contribution in [1.29, 1.82) is 0 Å². The summed E-state index contributed by atoms with van der Waals surface area (Å²) in [5.41, 5.74) is -1.80. The number of carbonyl (C=O) groups is 4. The first kappa shape index (κ1) is 49.0. The van der Waals surface area contributed by atoms with Gasteiger partial charge >= 0.3 is 18.2 Å². The summed E-state index contributed by atoms with van der Waals surface area (Å²) in [6.07, 6.45) is -6.17. The van der Waals surface area contributed by atoms with Crippen molar-refractivity contribution in [3.8, 4) is 0 Å². The second-order valence-electron chi connectivity index (χ2n) is 18.1. The van der Waals surface area contributed by atoms with Crippen molar-refractivity contribution >= 4 is 35.5 Å². The zero-order valence-corrected chi connectivity index (χ0v) is 38.9. The molecule has 4 heterocycles. The lowest BCUT2D eigenvalue weighted by Gasteiger charge is -2.48. The van der Waals surface area contributed by atoms with E-state index in [4.69, 9.17) is 44.8 Å². The number of aliphatic hydroxyl groups is 1. The van der Waals surface area contributed by atoms with Gasteiger partial charge in [0.1, 0.15) is 30.3 Å². The molecule has 2 amide bonds. The van der Waals surface area contributed by atoms with E-state index in [0.717, 1.165) is 5.56 Å². The van der Waals surface area contributed by atoms with Crippen LogP contribution < -0.4 is 0 Å². The van der Waals surface area contributed by atoms with E-state index < -0.39 is 96.0 Å². The van der Waals surface area contributed by atoms with Crippen molar-refractivity contribution in [2.45, 2.75) is 161 Å². The molecule has 4 saturated heterocycles. The predicted molar refractivity (Wildman–Crippen MR) is 227 cm³/mol. The molecule has 15 nitrogen and oxygen atoms in total. The predicted octanol–water partition coefficient (Wildman–Crippen LogP) is 6.09. The van der Waals surface area contributed by atoms with Crippen molar-refractivity contribution in [1.82, 2.24) is 14.7 Å². The van der Waals surface area contributed by atoms with Crippen molar-refractivity contribution < 1.29 is 57.4 Å². The number of rotatable bonds is 10. The van der Waals surface area contributed by atoms with E-state index in [9.17, 15) is 24.3 Å². The minimum Gasteiger partial charge on any atom is -0.458 e. The summed E-state index contributed by atoms with van der Waals surface area (Å²) < 4.78 is 44.2. The number of ketones is 1. The third-order valence-electron chi connectivity index (χ3n) is 13.9. The number of ether oxygens (including phenoxy) is 7. The summed E-state index contributed by atoms with van der Waals surface area (Å²) >= 11 is 6.15. The Hall–Kier alpha value is -3.05. The monoisotopic (exact) mass is 879 g/mol. The Bertz CT molecular complexity index is 1690. The number of fused-ring (bicyclic) bond motifs is 1. The smallest absolute Gasteiger partial charge is 0.412 e. The van der Waals surface area contributed by atoms with Gasteiger partial charge in [-0.2, -0.15) is 0 Å². The van der Waals surface area contributed by atoms with Crippen LogP contribution in [0.3, 0.4) is 0 Å². The number of amides is 2. The standard InChI is InChI=1S/C45H70ClN3O12/c1-13-34-45(10)38(49(43(54)61-45)20-19-31-15-17-32(46)18-16-31)27(5)35(50)25(3)24-44(9,55-12)39(60-41-36(51)33(47(11)14-2)23-26(4)57-41)28(6)37(29(7)40(52)58-34)59-42(53)48-21-22-56-30(48)8/h15-18,25-30,33-34,36-39,41,51H,13-14,19-24H2,1-12H3/t25-,26-,27-,28+,29-,30?,33+,34+,36-,37-,38-,39-,41+,44+,45-/m1/s1. The van der Waals surface area contributed by atoms with Gasteiger partial charge in [-0.15, -0.1) is 0 Å². The van der Waals surface area contributed by atoms with Crippen molar-refractivity contribution in [2.75, 3.05) is 40.4 Å². The quantitative estimate of drug-likeness (QED) is 0.213. The van der Waals surface area contributed by atoms with Crippen LogP contribution in [-0.2, 0) is 49.2 Å². The molecular formula is C45H70ClN3O12. The first-order chi connectivity index (χ1) is 28.7. The molecule has 5 rings (SSSR count). The van der Waals surface area contributed by atoms with Gasteiger partial charge in [-0.25, -0.2) is 9.59 Å². The topological polar surface area (TPSA) is 163 Å². The van der Waals surface area contributed by atoms with Gasteiger partial charge in [0.2, 0.25) is 0 Å². The minimum atomic E-state index is -1.44. The molecule has 1 N–H and O–H groups in total. The number of methoxy groups -OCH3 is 1. The third kappa shape index (κ3) is 10.3. The fourth-order valence-corrected chi connectivity index (χ4v) is 10.3. The van der Waals surface area contributed by atoms with E-state index >= 15 is 0 Å². The SMILES string of the molecule is CC[C@@H]1OC(=O)[C@H](C)[C@H](OC(=O)N2CCOC2C)[C@H](C)[C@@H](O[C@@H]2O[C@H](C)C[C@H](N(C)CC)[C@H]2O)[C@@](C)(OC)C[C@@H](C)C(=O)[C@@H](C)[C@H]2N(CCc3ccc(Cl)cc3)C(=O)O[C@]12C. The highest BCUT2D eigenvalue weighted by molar-refractivity contribution is 6.30. The van der Waals surface area contributed by atoms with E-state index in [-0.39, 0.29) is 43.9 Å². The van der Waals surface area contributed by atoms with Crippen LogP contribution in [0, 0.1) is 23.7 Å². The van der Waals surface area contributed by atoms with Crippen LogP contribution in [0.25, 0.3) is 0 Å². The van der Waals surface area contributed by atoms with Crippen LogP contribution in [-0.4, -0.2) is 150 Å². The van der Waals surface area contributed by atoms with Crippen LogP contribution in [0.15, 0.2) is 24.3 Å². The first-order valence-electron chi connectivity index (χ1n) is 22.0. The molecule has 1 unspecified atom stereocenters. The van der Waals surface area contributed by atoms with E-state index in [2.05, 4.69) is 0 Å². The molecule has 0 spiro atoms. The van der Waals surface area contributed by atoms with Crippen molar-refractivity contribution in [3.05, 3.63) is 34.9 Å². The van der Waals surface area contributed by atoms with E-state index in [1.807, 2.05) is 58.7 Å². The van der Waals surface area contributed by atoms with Crippen molar-refractivity contribution in [2.24, 2.45) is 23.7 Å². The molecule has 0 radical (unpaired) electrons. The Morgan fingerprint density at radius 3 is 2.30 bits per heavy atom. The third-order valence-corrected chi connectivity index (χ3v) is 14.1. The summed E-state index contributed by atoms with van der Waals surface area (Å²) in [6.45, 7) is 19.6. The number of Topliss-reactive ketones (excluding diaryl/α,β-unsaturated/α-hetero) is 1. The highest BCUT2D eigenvalue weighted by atomic mass is 35.5. The summed E-state index contributed by atoms with van der Waals surface area (Å²) in [7, 11) is 3.46. The zero-order chi connectivity index (χ0) is 45.1. The minimum absolute atomic E-state index is 0.120. The average Bonchev–Trinajstić information content (AvgIpc) is 3.78. The highest BCUT2D eigenvalue weighted by Crippen LogP contribution is 2.44. The molecule has 0 aliphatic carbocycles. The van der Waals surface area contributed by atoms with Crippen LogP contribution in [0.1, 0.15) is 94.1 Å². The maximum absolute atomic E-state index is 14.9. The normalized spacial score (nSPS) is 39.1. The molecule has 344 valence electrons. The molecule has 61 heavy (non-hydrogen) atoms. The highest BCUT2D eigenvalue weighted by Gasteiger charge is 2.60. The van der Waals surface area contributed by atoms with Gasteiger partial charge in [0.25, 0.3) is 0 Å². The molecule has 15 atom stereocenters. The molecule has 0 aromatic heterocycles. The van der Waals surface area contributed by atoms with Gasteiger partial charge in [0, 0.05) is 42.5 Å². The van der Waals surface area contributed by atoms with Crippen LogP contribution in [0.5, 0.6) is 0 Å². The number of nitrogens with zero attached hydrogens (tertiary/aromatic N) is 3. The lowest BCUT2D eigenvalue weighted by molar-refractivity contribution is -0.302. The lowest BCUT2D eigenvalue weighted by Crippen LogP contribution is -2.61. The Balaban J connectivity index is 1.61. The molecule has 4 aliphatic rings.